The quantitative estimate of drug-likeness (QED) is 0.856. The number of likely N-dealkylation sites (tertiary alicyclic amines) is 1. The maximum Gasteiger partial charge on any atom is 0.249 e. The van der Waals surface area contributed by atoms with Crippen LogP contribution < -0.4 is 4.74 Å². The van der Waals surface area contributed by atoms with Crippen molar-refractivity contribution in [2.75, 3.05) is 20.2 Å². The van der Waals surface area contributed by atoms with Gasteiger partial charge < -0.3 is 14.6 Å². The van der Waals surface area contributed by atoms with E-state index in [0.29, 0.717) is 31.7 Å². The molecule has 3 nitrogen and oxygen atoms in total. The summed E-state index contributed by atoms with van der Waals surface area (Å²) in [6, 6.07) is 3.88. The van der Waals surface area contributed by atoms with Gasteiger partial charge in [0, 0.05) is 35.5 Å². The molecule has 134 valence electrons. The number of piperidine rings is 1. The summed E-state index contributed by atoms with van der Waals surface area (Å²) in [4.78, 5) is 5.22. The van der Waals surface area contributed by atoms with Crippen LogP contribution in [-0.4, -0.2) is 51.7 Å². The summed E-state index contributed by atoms with van der Waals surface area (Å²) in [6.45, 7) is 3.21. The predicted octanol–water partition coefficient (Wildman–Crippen LogP) is 3.44. The van der Waals surface area contributed by atoms with Crippen molar-refractivity contribution in [1.82, 2.24) is 9.88 Å². The Hall–Kier alpha value is -1.49. The fraction of sp³-hybridized carbons (Fsp3) is 0.579. The number of benzene rings is 1. The van der Waals surface area contributed by atoms with Gasteiger partial charge in [0.05, 0.1) is 22.8 Å². The molecule has 2 heterocycles. The minimum atomic E-state index is -2.50. The Morgan fingerprint density at radius 2 is 1.88 bits per heavy atom. The van der Waals surface area contributed by atoms with Crippen LogP contribution in [0.3, 0.4) is 0 Å². The van der Waals surface area contributed by atoms with Crippen LogP contribution in [0.4, 0.5) is 8.78 Å². The molecule has 4 rings (SSSR count). The Labute approximate surface area is 155 Å². The number of rotatable bonds is 3. The van der Waals surface area contributed by atoms with Crippen LogP contribution in [0.2, 0.25) is 0 Å². The zero-order chi connectivity index (χ0) is 18.7. The van der Waals surface area contributed by atoms with E-state index in [-0.39, 0.29) is 18.3 Å². The number of methoxy groups -OCH3 is 1. The fourth-order valence-electron chi connectivity index (χ4n) is 4.86. The molecule has 0 amide bonds. The van der Waals surface area contributed by atoms with Gasteiger partial charge in [-0.15, -0.1) is 0 Å². The molecule has 1 saturated heterocycles. The molecule has 4 radical (unpaired) electrons. The molecular weight excluding hydrogens is 332 g/mol. The minimum Gasteiger partial charge on any atom is -0.496 e. The molecule has 2 aliphatic rings. The number of nitrogens with one attached hydrogen (secondary N) is 1. The van der Waals surface area contributed by atoms with E-state index in [1.165, 1.54) is 0 Å². The molecule has 1 aromatic heterocycles. The first-order valence-corrected chi connectivity index (χ1v) is 9.03. The van der Waals surface area contributed by atoms with Crippen molar-refractivity contribution in [3.63, 3.8) is 0 Å². The predicted molar refractivity (Wildman–Crippen MR) is 100 cm³/mol. The number of alkyl halides is 2. The Bertz CT molecular complexity index is 831. The molecular formula is C19H22B2F2N2O. The molecule has 1 aromatic carbocycles. The summed E-state index contributed by atoms with van der Waals surface area (Å²) in [7, 11) is 14.9. The maximum absolute atomic E-state index is 13.4. The standard InChI is InChI=1S/C19H22B2F2N2O/c1-12-9-14(26-2)15(13-3-6-24-16(12)13)19(20,21)25-7-4-17(5-8-25)10-18(22,23)11-17/h3,6,9,24H,4-5,7-8,10-11H2,1-2H3. The van der Waals surface area contributed by atoms with E-state index in [1.807, 2.05) is 30.2 Å². The van der Waals surface area contributed by atoms with Crippen molar-refractivity contribution in [1.29, 1.82) is 0 Å². The van der Waals surface area contributed by atoms with Crippen molar-refractivity contribution in [2.24, 2.45) is 5.41 Å². The molecule has 1 aliphatic heterocycles. The van der Waals surface area contributed by atoms with Gasteiger partial charge in [-0.3, -0.25) is 0 Å². The minimum absolute atomic E-state index is 0.00804. The summed E-state index contributed by atoms with van der Waals surface area (Å²) >= 11 is 0. The monoisotopic (exact) mass is 354 g/mol. The molecule has 7 heteroatoms. The summed E-state index contributed by atoms with van der Waals surface area (Å²) in [5.74, 6) is -1.85. The number of aromatic nitrogens is 1. The largest absolute Gasteiger partial charge is 0.496 e. The lowest BCUT2D eigenvalue weighted by molar-refractivity contribution is -0.179. The third-order valence-corrected chi connectivity index (χ3v) is 6.24. The van der Waals surface area contributed by atoms with Crippen molar-refractivity contribution in [3.05, 3.63) is 29.5 Å². The first kappa shape index (κ1) is 17.9. The third kappa shape index (κ3) is 2.67. The lowest BCUT2D eigenvalue weighted by Gasteiger charge is -2.55. The van der Waals surface area contributed by atoms with Crippen molar-refractivity contribution in [3.8, 4) is 5.75 Å². The number of halogens is 2. The molecule has 26 heavy (non-hydrogen) atoms. The normalized spacial score (nSPS) is 22.5. The number of nitrogens with zero attached hydrogens (tertiary/aromatic N) is 1. The second-order valence-electron chi connectivity index (χ2n) is 8.06. The topological polar surface area (TPSA) is 28.3 Å². The Morgan fingerprint density at radius 3 is 2.46 bits per heavy atom. The zero-order valence-corrected chi connectivity index (χ0v) is 15.2. The van der Waals surface area contributed by atoms with E-state index in [2.05, 4.69) is 4.98 Å². The number of H-pyrrole nitrogens is 1. The van der Waals surface area contributed by atoms with Crippen LogP contribution >= 0.6 is 0 Å². The lowest BCUT2D eigenvalue weighted by Crippen LogP contribution is -2.57. The van der Waals surface area contributed by atoms with Crippen LogP contribution in [-0.2, 0) is 5.34 Å². The first-order valence-electron chi connectivity index (χ1n) is 9.03. The first-order chi connectivity index (χ1) is 12.2. The number of aryl methyl sites for hydroxylation is 1. The highest BCUT2D eigenvalue weighted by Crippen LogP contribution is 2.58. The highest BCUT2D eigenvalue weighted by atomic mass is 19.3. The number of hydrogen-bond donors (Lipinski definition) is 1. The van der Waals surface area contributed by atoms with Gasteiger partial charge in [-0.05, 0) is 61.3 Å². The number of hydrogen-bond acceptors (Lipinski definition) is 2. The Kier molecular flexibility index (Phi) is 3.96. The smallest absolute Gasteiger partial charge is 0.249 e. The van der Waals surface area contributed by atoms with Gasteiger partial charge in [-0.2, -0.15) is 0 Å². The fourth-order valence-corrected chi connectivity index (χ4v) is 4.86. The third-order valence-electron chi connectivity index (χ3n) is 6.24. The summed E-state index contributed by atoms with van der Waals surface area (Å²) in [5, 5.41) is -0.296. The van der Waals surface area contributed by atoms with Crippen LogP contribution in [0.15, 0.2) is 18.3 Å². The van der Waals surface area contributed by atoms with E-state index in [4.69, 9.17) is 20.4 Å². The molecule has 1 aliphatic carbocycles. The molecule has 0 unspecified atom stereocenters. The highest BCUT2D eigenvalue weighted by Gasteiger charge is 2.57. The average Bonchev–Trinajstić information content (AvgIpc) is 3.02. The second kappa shape index (κ2) is 5.75. The van der Waals surface area contributed by atoms with Gasteiger partial charge in [0.25, 0.3) is 0 Å². The van der Waals surface area contributed by atoms with Gasteiger partial charge in [0.1, 0.15) is 5.75 Å². The molecule has 1 N–H and O–H groups in total. The summed E-state index contributed by atoms with van der Waals surface area (Å²) in [6.07, 6.45) is 3.24. The maximum atomic E-state index is 13.4. The highest BCUT2D eigenvalue weighted by molar-refractivity contribution is 6.40. The van der Waals surface area contributed by atoms with Gasteiger partial charge in [-0.25, -0.2) is 8.78 Å². The molecule has 1 saturated carbocycles. The summed E-state index contributed by atoms with van der Waals surface area (Å²) < 4.78 is 32.3. The zero-order valence-electron chi connectivity index (χ0n) is 15.2. The molecule has 2 fully saturated rings. The van der Waals surface area contributed by atoms with Crippen molar-refractivity contribution in [2.45, 2.75) is 43.9 Å². The summed E-state index contributed by atoms with van der Waals surface area (Å²) in [5.41, 5.74) is 2.53. The molecule has 0 atom stereocenters. The van der Waals surface area contributed by atoms with E-state index >= 15 is 0 Å². The van der Waals surface area contributed by atoms with Crippen LogP contribution in [0, 0.1) is 12.3 Å². The van der Waals surface area contributed by atoms with Gasteiger partial charge in [-0.1, -0.05) is 0 Å². The van der Waals surface area contributed by atoms with Gasteiger partial charge in [0.2, 0.25) is 5.92 Å². The van der Waals surface area contributed by atoms with Crippen LogP contribution in [0.25, 0.3) is 10.9 Å². The lowest BCUT2D eigenvalue weighted by atomic mass is 9.54. The Balaban J connectivity index is 1.65. The number of fused-ring (bicyclic) bond motifs is 1. The van der Waals surface area contributed by atoms with Crippen molar-refractivity contribution < 1.29 is 13.5 Å². The van der Waals surface area contributed by atoms with E-state index in [9.17, 15) is 8.78 Å². The van der Waals surface area contributed by atoms with E-state index in [1.54, 1.807) is 7.11 Å². The number of ether oxygens (including phenoxy) is 1. The van der Waals surface area contributed by atoms with Gasteiger partial charge in [0.15, 0.2) is 0 Å². The second-order valence-corrected chi connectivity index (χ2v) is 8.06. The van der Waals surface area contributed by atoms with Crippen molar-refractivity contribution >= 4 is 26.6 Å². The SMILES string of the molecule is [B]C([B])(c1c(OC)cc(C)c2[nH]ccc12)N1CCC2(CC1)CC(F)(F)C2. The van der Waals surface area contributed by atoms with Gasteiger partial charge >= 0.3 is 0 Å². The molecule has 1 spiro atoms. The van der Waals surface area contributed by atoms with Crippen LogP contribution in [0.5, 0.6) is 5.75 Å². The van der Waals surface area contributed by atoms with E-state index < -0.39 is 11.3 Å². The molecule has 2 aromatic rings. The Morgan fingerprint density at radius 1 is 1.23 bits per heavy atom. The van der Waals surface area contributed by atoms with Crippen LogP contribution in [0.1, 0.15) is 36.8 Å². The molecule has 0 bridgehead atoms. The average molecular weight is 354 g/mol. The number of aromatic amines is 1. The van der Waals surface area contributed by atoms with E-state index in [0.717, 1.165) is 22.0 Å².